The van der Waals surface area contributed by atoms with Crippen LogP contribution < -0.4 is 5.32 Å². The zero-order valence-corrected chi connectivity index (χ0v) is 10.1. The smallest absolute Gasteiger partial charge is 0.0755 e. The summed E-state index contributed by atoms with van der Waals surface area (Å²) in [5, 5.41) is 3.27. The second kappa shape index (κ2) is 4.60. The van der Waals surface area contributed by atoms with Crippen LogP contribution in [0.3, 0.4) is 0 Å². The molecule has 0 bridgehead atoms. The van der Waals surface area contributed by atoms with Crippen molar-refractivity contribution in [2.75, 3.05) is 6.54 Å². The molecule has 1 N–H and O–H groups in total. The van der Waals surface area contributed by atoms with Gasteiger partial charge in [0.2, 0.25) is 0 Å². The molecule has 0 saturated carbocycles. The monoisotopic (exact) mass is 297 g/mol. The molecule has 0 saturated heterocycles. The summed E-state index contributed by atoms with van der Waals surface area (Å²) in [6.45, 7) is 4.06. The molecule has 0 unspecified atom stereocenters. The molecule has 1 rings (SSSR count). The van der Waals surface area contributed by atoms with Gasteiger partial charge in [-0.1, -0.05) is 6.92 Å². The topological polar surface area (TPSA) is 12.0 Å². The lowest BCUT2D eigenvalue weighted by atomic mass is 10.3. The van der Waals surface area contributed by atoms with Crippen LogP contribution in [0.15, 0.2) is 13.6 Å². The molecular formula is C7H9Br2NS. The van der Waals surface area contributed by atoms with Crippen molar-refractivity contribution in [1.82, 2.24) is 5.32 Å². The Hall–Kier alpha value is 0.620. The van der Waals surface area contributed by atoms with E-state index in [0.717, 1.165) is 13.1 Å². The van der Waals surface area contributed by atoms with Gasteiger partial charge in [0.1, 0.15) is 0 Å². The standard InChI is InChI=1S/C7H9Br2NS/c1-2-10-4-5-3-6(8)11-7(5)9/h3,10H,2,4H2,1H3. The largest absolute Gasteiger partial charge is 0.313 e. The molecule has 0 aromatic carbocycles. The summed E-state index contributed by atoms with van der Waals surface area (Å²) in [5.74, 6) is 0. The maximum atomic E-state index is 3.50. The Bertz CT molecular complexity index is 234. The summed E-state index contributed by atoms with van der Waals surface area (Å²) >= 11 is 8.64. The highest BCUT2D eigenvalue weighted by Crippen LogP contribution is 2.31. The summed E-state index contributed by atoms with van der Waals surface area (Å²) in [4.78, 5) is 0. The van der Waals surface area contributed by atoms with E-state index in [1.54, 1.807) is 11.3 Å². The number of halogens is 2. The van der Waals surface area contributed by atoms with Gasteiger partial charge in [0, 0.05) is 6.54 Å². The van der Waals surface area contributed by atoms with Gasteiger partial charge < -0.3 is 5.32 Å². The summed E-state index contributed by atoms with van der Waals surface area (Å²) < 4.78 is 2.39. The molecule has 0 aliphatic carbocycles. The van der Waals surface area contributed by atoms with Crippen LogP contribution in [0.25, 0.3) is 0 Å². The van der Waals surface area contributed by atoms with Gasteiger partial charge in [0.25, 0.3) is 0 Å². The molecule has 62 valence electrons. The molecule has 4 heteroatoms. The van der Waals surface area contributed by atoms with E-state index in [1.165, 1.54) is 13.1 Å². The van der Waals surface area contributed by atoms with Crippen LogP contribution in [0.2, 0.25) is 0 Å². The van der Waals surface area contributed by atoms with Crippen molar-refractivity contribution in [2.24, 2.45) is 0 Å². The van der Waals surface area contributed by atoms with Crippen molar-refractivity contribution >= 4 is 43.2 Å². The van der Waals surface area contributed by atoms with E-state index in [1.807, 2.05) is 0 Å². The predicted octanol–water partition coefficient (Wildman–Crippen LogP) is 3.38. The molecule has 0 aliphatic rings. The van der Waals surface area contributed by atoms with E-state index in [-0.39, 0.29) is 0 Å². The summed E-state index contributed by atoms with van der Waals surface area (Å²) in [6.07, 6.45) is 0. The Labute approximate surface area is 87.5 Å². The van der Waals surface area contributed by atoms with Crippen LogP contribution in [0.4, 0.5) is 0 Å². The van der Waals surface area contributed by atoms with Gasteiger partial charge >= 0.3 is 0 Å². The SMILES string of the molecule is CCNCc1cc(Br)sc1Br. The molecule has 0 aliphatic heterocycles. The molecule has 0 atom stereocenters. The van der Waals surface area contributed by atoms with Crippen molar-refractivity contribution in [1.29, 1.82) is 0 Å². The third-order valence-corrected chi connectivity index (χ3v) is 3.76. The van der Waals surface area contributed by atoms with Crippen molar-refractivity contribution in [3.05, 3.63) is 19.2 Å². The zero-order chi connectivity index (χ0) is 8.27. The van der Waals surface area contributed by atoms with Crippen LogP contribution in [0.1, 0.15) is 12.5 Å². The van der Waals surface area contributed by atoms with E-state index >= 15 is 0 Å². The second-order valence-electron chi connectivity index (χ2n) is 2.13. The molecule has 0 spiro atoms. The lowest BCUT2D eigenvalue weighted by molar-refractivity contribution is 0.727. The Balaban J connectivity index is 2.62. The fraction of sp³-hybridized carbons (Fsp3) is 0.429. The first kappa shape index (κ1) is 9.71. The lowest BCUT2D eigenvalue weighted by Gasteiger charge is -1.97. The summed E-state index contributed by atoms with van der Waals surface area (Å²) in [5.41, 5.74) is 1.32. The number of thiophene rings is 1. The Morgan fingerprint density at radius 2 is 2.27 bits per heavy atom. The first-order valence-corrected chi connectivity index (χ1v) is 5.78. The average Bonchev–Trinajstić information content (AvgIpc) is 2.26. The summed E-state index contributed by atoms with van der Waals surface area (Å²) in [7, 11) is 0. The van der Waals surface area contributed by atoms with Gasteiger partial charge in [-0.05, 0) is 50.0 Å². The van der Waals surface area contributed by atoms with Crippen molar-refractivity contribution in [3.8, 4) is 0 Å². The van der Waals surface area contributed by atoms with Crippen LogP contribution in [-0.2, 0) is 6.54 Å². The Kier molecular flexibility index (Phi) is 4.06. The molecule has 0 radical (unpaired) electrons. The quantitative estimate of drug-likeness (QED) is 0.902. The van der Waals surface area contributed by atoms with Gasteiger partial charge in [0.05, 0.1) is 7.57 Å². The van der Waals surface area contributed by atoms with Crippen LogP contribution in [-0.4, -0.2) is 6.54 Å². The maximum absolute atomic E-state index is 3.50. The molecule has 0 fully saturated rings. The van der Waals surface area contributed by atoms with Gasteiger partial charge in [0.15, 0.2) is 0 Å². The third-order valence-electron chi connectivity index (χ3n) is 1.29. The van der Waals surface area contributed by atoms with Gasteiger partial charge in [-0.15, -0.1) is 11.3 Å². The number of hydrogen-bond acceptors (Lipinski definition) is 2. The highest BCUT2D eigenvalue weighted by molar-refractivity contribution is 9.12. The van der Waals surface area contributed by atoms with Crippen LogP contribution in [0, 0.1) is 0 Å². The maximum Gasteiger partial charge on any atom is 0.0755 e. The zero-order valence-electron chi connectivity index (χ0n) is 6.16. The highest BCUT2D eigenvalue weighted by Gasteiger charge is 2.02. The van der Waals surface area contributed by atoms with Gasteiger partial charge in [-0.3, -0.25) is 0 Å². The van der Waals surface area contributed by atoms with E-state index in [9.17, 15) is 0 Å². The highest BCUT2D eigenvalue weighted by atomic mass is 79.9. The molecular weight excluding hydrogens is 290 g/mol. The minimum atomic E-state index is 0.944. The molecule has 1 aromatic rings. The van der Waals surface area contributed by atoms with Crippen LogP contribution >= 0.6 is 43.2 Å². The predicted molar refractivity (Wildman–Crippen MR) is 57.1 cm³/mol. The number of nitrogens with one attached hydrogen (secondary N) is 1. The molecule has 11 heavy (non-hydrogen) atoms. The molecule has 1 aromatic heterocycles. The fourth-order valence-electron chi connectivity index (χ4n) is 0.755. The average molecular weight is 299 g/mol. The fourth-order valence-corrected chi connectivity index (χ4v) is 3.58. The molecule has 1 heterocycles. The number of rotatable bonds is 3. The normalized spacial score (nSPS) is 10.5. The van der Waals surface area contributed by atoms with Crippen molar-refractivity contribution in [2.45, 2.75) is 13.5 Å². The second-order valence-corrected chi connectivity index (χ2v) is 5.88. The number of hydrogen-bond donors (Lipinski definition) is 1. The van der Waals surface area contributed by atoms with E-state index in [2.05, 4.69) is 50.2 Å². The van der Waals surface area contributed by atoms with Crippen LogP contribution in [0.5, 0.6) is 0 Å². The van der Waals surface area contributed by atoms with Crippen molar-refractivity contribution < 1.29 is 0 Å². The Morgan fingerprint density at radius 3 is 2.73 bits per heavy atom. The lowest BCUT2D eigenvalue weighted by Crippen LogP contribution is -2.11. The van der Waals surface area contributed by atoms with E-state index in [0.29, 0.717) is 0 Å². The third kappa shape index (κ3) is 2.86. The van der Waals surface area contributed by atoms with Crippen molar-refractivity contribution in [3.63, 3.8) is 0 Å². The van der Waals surface area contributed by atoms with Gasteiger partial charge in [-0.2, -0.15) is 0 Å². The van der Waals surface area contributed by atoms with E-state index < -0.39 is 0 Å². The first-order valence-electron chi connectivity index (χ1n) is 3.38. The van der Waals surface area contributed by atoms with E-state index in [4.69, 9.17) is 0 Å². The molecule has 0 amide bonds. The summed E-state index contributed by atoms with van der Waals surface area (Å²) in [6, 6.07) is 2.14. The molecule has 1 nitrogen and oxygen atoms in total. The first-order chi connectivity index (χ1) is 5.24. The minimum Gasteiger partial charge on any atom is -0.313 e. The minimum absolute atomic E-state index is 0.944. The van der Waals surface area contributed by atoms with Gasteiger partial charge in [-0.25, -0.2) is 0 Å². The Morgan fingerprint density at radius 1 is 1.55 bits per heavy atom.